The molecule has 0 rings (SSSR count). The summed E-state index contributed by atoms with van der Waals surface area (Å²) in [7, 11) is -8.79. The Kier molecular flexibility index (Phi) is 13.6. The highest BCUT2D eigenvalue weighted by Crippen LogP contribution is 2.34. The van der Waals surface area contributed by atoms with Crippen LogP contribution in [0.25, 0.3) is 0 Å². The van der Waals surface area contributed by atoms with Gasteiger partial charge in [-0.25, -0.2) is 4.79 Å². The lowest BCUT2D eigenvalue weighted by molar-refractivity contribution is -0.139. The Balaban J connectivity index is 5.89. The van der Waals surface area contributed by atoms with E-state index < -0.39 is 33.8 Å². The van der Waals surface area contributed by atoms with Gasteiger partial charge in [0.05, 0.1) is 6.61 Å². The third kappa shape index (κ3) is 13.3. The highest BCUT2D eigenvalue weighted by atomic mass is 28.5. The molecular weight excluding hydrogens is 457 g/mol. The van der Waals surface area contributed by atoms with Crippen LogP contribution in [0, 0.1) is 0 Å². The number of hydrogen-bond acceptors (Lipinski definition) is 5. The Bertz CT molecular complexity index is 514. The zero-order chi connectivity index (χ0) is 24.3. The molecule has 184 valence electrons. The normalized spacial score (nSPS) is 13.4. The summed E-state index contributed by atoms with van der Waals surface area (Å²) in [6.45, 7) is 26.0. The van der Waals surface area contributed by atoms with Crippen LogP contribution in [0.1, 0.15) is 53.4 Å². The van der Waals surface area contributed by atoms with Crippen molar-refractivity contribution in [2.75, 3.05) is 6.61 Å². The minimum Gasteiger partial charge on any atom is -0.462 e. The zero-order valence-electron chi connectivity index (χ0n) is 22.1. The summed E-state index contributed by atoms with van der Waals surface area (Å²) in [5.41, 5.74) is 0.428. The first-order chi connectivity index (χ1) is 14.1. The summed E-state index contributed by atoms with van der Waals surface area (Å²) in [6.07, 6.45) is 4.00. The largest absolute Gasteiger partial charge is 0.469 e. The van der Waals surface area contributed by atoms with E-state index in [0.29, 0.717) is 24.6 Å². The van der Waals surface area contributed by atoms with Crippen molar-refractivity contribution in [3.05, 3.63) is 12.2 Å². The maximum absolute atomic E-state index is 11.8. The second kappa shape index (κ2) is 13.6. The molecule has 31 heavy (non-hydrogen) atoms. The summed E-state index contributed by atoms with van der Waals surface area (Å²) in [4.78, 5) is 11.8. The predicted molar refractivity (Wildman–Crippen MR) is 142 cm³/mol. The molecule has 0 aromatic rings. The SMILES string of the molecule is C=C(C)C(=O)OCCC[Si](O[Si](C)(C)CCC)(O[Si](C)(C)CCC)O[Si](C)(C)CCC. The lowest BCUT2D eigenvalue weighted by Gasteiger charge is -2.45. The zero-order valence-corrected chi connectivity index (χ0v) is 26.1. The third-order valence-electron chi connectivity index (χ3n) is 5.06. The Morgan fingerprint density at radius 3 is 1.35 bits per heavy atom. The van der Waals surface area contributed by atoms with Gasteiger partial charge in [0, 0.05) is 11.6 Å². The van der Waals surface area contributed by atoms with Crippen LogP contribution in [0.5, 0.6) is 0 Å². The van der Waals surface area contributed by atoms with Crippen molar-refractivity contribution in [3.8, 4) is 0 Å². The average molecular weight is 507 g/mol. The fraction of sp³-hybridized carbons (Fsp3) is 0.864. The van der Waals surface area contributed by atoms with E-state index in [9.17, 15) is 4.79 Å². The molecule has 5 nitrogen and oxygen atoms in total. The highest BCUT2D eigenvalue weighted by Gasteiger charge is 2.51. The van der Waals surface area contributed by atoms with Crippen molar-refractivity contribution in [1.82, 2.24) is 0 Å². The molecule has 0 atom stereocenters. The molecule has 0 aromatic heterocycles. The van der Waals surface area contributed by atoms with Gasteiger partial charge in [-0.1, -0.05) is 46.6 Å². The van der Waals surface area contributed by atoms with Crippen molar-refractivity contribution in [2.24, 2.45) is 0 Å². The van der Waals surface area contributed by atoms with Crippen molar-refractivity contribution in [3.63, 3.8) is 0 Å². The van der Waals surface area contributed by atoms with Crippen LogP contribution >= 0.6 is 0 Å². The molecule has 0 fully saturated rings. The van der Waals surface area contributed by atoms with Crippen LogP contribution in [0.4, 0.5) is 0 Å². The average Bonchev–Trinajstić information content (AvgIpc) is 2.56. The van der Waals surface area contributed by atoms with Gasteiger partial charge in [0.25, 0.3) is 0 Å². The summed E-state index contributed by atoms with van der Waals surface area (Å²) in [5, 5.41) is 0. The van der Waals surface area contributed by atoms with E-state index in [2.05, 4.69) is 66.6 Å². The molecule has 0 bridgehead atoms. The Hall–Kier alpha value is -0.0425. The molecule has 0 aliphatic carbocycles. The van der Waals surface area contributed by atoms with Gasteiger partial charge in [0.2, 0.25) is 0 Å². The van der Waals surface area contributed by atoms with E-state index in [1.165, 1.54) is 0 Å². The Morgan fingerprint density at radius 1 is 0.710 bits per heavy atom. The second-order valence-corrected chi connectivity index (χ2v) is 26.9. The van der Waals surface area contributed by atoms with Gasteiger partial charge in [-0.3, -0.25) is 0 Å². The van der Waals surface area contributed by atoms with Gasteiger partial charge in [0.15, 0.2) is 25.0 Å². The van der Waals surface area contributed by atoms with Crippen LogP contribution in [0.2, 0.25) is 63.5 Å². The van der Waals surface area contributed by atoms with Crippen LogP contribution in [0.15, 0.2) is 12.2 Å². The Labute approximate surface area is 197 Å². The smallest absolute Gasteiger partial charge is 0.462 e. The van der Waals surface area contributed by atoms with Gasteiger partial charge < -0.3 is 17.1 Å². The molecule has 0 N–H and O–H groups in total. The van der Waals surface area contributed by atoms with Gasteiger partial charge >= 0.3 is 14.8 Å². The molecule has 0 aliphatic heterocycles. The maximum Gasteiger partial charge on any atom is 0.469 e. The molecular formula is C22H50O5Si4. The van der Waals surface area contributed by atoms with E-state index in [-0.39, 0.29) is 5.97 Å². The molecule has 0 amide bonds. The van der Waals surface area contributed by atoms with E-state index >= 15 is 0 Å². The van der Waals surface area contributed by atoms with Crippen molar-refractivity contribution >= 4 is 39.7 Å². The van der Waals surface area contributed by atoms with Crippen molar-refractivity contribution in [2.45, 2.75) is 117 Å². The first-order valence-corrected chi connectivity index (χ1v) is 23.3. The number of rotatable bonds is 17. The summed E-state index contributed by atoms with van der Waals surface area (Å²) in [6, 6.07) is 3.97. The predicted octanol–water partition coefficient (Wildman–Crippen LogP) is 7.33. The highest BCUT2D eigenvalue weighted by molar-refractivity contribution is 6.90. The van der Waals surface area contributed by atoms with Crippen LogP contribution in [-0.2, 0) is 21.9 Å². The van der Waals surface area contributed by atoms with E-state index in [1.807, 2.05) is 0 Å². The molecule has 0 heterocycles. The van der Waals surface area contributed by atoms with Crippen LogP contribution in [-0.4, -0.2) is 46.3 Å². The molecule has 0 radical (unpaired) electrons. The number of hydrogen-bond donors (Lipinski definition) is 0. The lowest BCUT2D eigenvalue weighted by atomic mass is 10.4. The molecule has 0 saturated heterocycles. The minimum atomic E-state index is -2.94. The maximum atomic E-state index is 11.8. The van der Waals surface area contributed by atoms with E-state index in [1.54, 1.807) is 6.92 Å². The third-order valence-corrected chi connectivity index (χ3v) is 21.5. The van der Waals surface area contributed by atoms with E-state index in [4.69, 9.17) is 17.1 Å². The first kappa shape index (κ1) is 31.0. The molecule has 0 saturated carbocycles. The Morgan fingerprint density at radius 2 is 1.06 bits per heavy atom. The minimum absolute atomic E-state index is 0.336. The standard InChI is InChI=1S/C22H50O5Si4/c1-12-17-28(6,7)25-31(26-29(8,9)18-13-2,27-30(10,11)19-14-3)20-15-16-24-22(23)21(4)5/h4,12-20H2,1-3,5-11H3. The second-order valence-electron chi connectivity index (χ2n) is 10.5. The topological polar surface area (TPSA) is 54.0 Å². The van der Waals surface area contributed by atoms with E-state index in [0.717, 1.165) is 37.4 Å². The fourth-order valence-electron chi connectivity index (χ4n) is 4.01. The first-order valence-electron chi connectivity index (χ1n) is 12.1. The molecule has 0 spiro atoms. The number of carbonyl (C=O) groups is 1. The summed E-state index contributed by atoms with van der Waals surface area (Å²) in [5.74, 6) is -0.336. The molecule has 0 unspecified atom stereocenters. The summed E-state index contributed by atoms with van der Waals surface area (Å²) < 4.78 is 26.5. The van der Waals surface area contributed by atoms with Gasteiger partial charge in [-0.05, 0) is 70.8 Å². The number of carbonyl (C=O) groups excluding carboxylic acids is 1. The lowest BCUT2D eigenvalue weighted by Crippen LogP contribution is -2.61. The van der Waals surface area contributed by atoms with Gasteiger partial charge in [-0.2, -0.15) is 0 Å². The van der Waals surface area contributed by atoms with Crippen molar-refractivity contribution < 1.29 is 21.9 Å². The molecule has 0 aliphatic rings. The number of ether oxygens (including phenoxy) is 1. The van der Waals surface area contributed by atoms with Crippen molar-refractivity contribution in [1.29, 1.82) is 0 Å². The fourth-order valence-corrected chi connectivity index (χ4v) is 22.4. The quantitative estimate of drug-likeness (QED) is 0.0894. The van der Waals surface area contributed by atoms with Crippen LogP contribution in [0.3, 0.4) is 0 Å². The monoisotopic (exact) mass is 506 g/mol. The molecule has 9 heteroatoms. The van der Waals surface area contributed by atoms with Gasteiger partial charge in [-0.15, -0.1) is 0 Å². The summed E-state index contributed by atoms with van der Waals surface area (Å²) >= 11 is 0. The van der Waals surface area contributed by atoms with Crippen LogP contribution < -0.4 is 0 Å². The molecule has 0 aromatic carbocycles. The number of esters is 1. The van der Waals surface area contributed by atoms with Gasteiger partial charge in [0.1, 0.15) is 0 Å².